The molecule has 0 unspecified atom stereocenters. The van der Waals surface area contributed by atoms with Gasteiger partial charge in [-0.05, 0) is 13.8 Å². The highest BCUT2D eigenvalue weighted by Gasteiger charge is 2.44. The molecule has 8 nitrogen and oxygen atoms in total. The van der Waals surface area contributed by atoms with Gasteiger partial charge in [-0.3, -0.25) is 9.59 Å². The van der Waals surface area contributed by atoms with Gasteiger partial charge in [-0.25, -0.2) is 0 Å². The zero-order chi connectivity index (χ0) is 17.3. The summed E-state index contributed by atoms with van der Waals surface area (Å²) in [4.78, 5) is 24.2. The van der Waals surface area contributed by atoms with Crippen molar-refractivity contribution in [3.8, 4) is 0 Å². The van der Waals surface area contributed by atoms with E-state index in [0.29, 0.717) is 0 Å². The molecule has 0 fully saturated rings. The van der Waals surface area contributed by atoms with E-state index in [1.54, 1.807) is 13.8 Å². The molecule has 0 bridgehead atoms. The molecule has 0 radical (unpaired) electrons. The predicted molar refractivity (Wildman–Crippen MR) is 79.7 cm³/mol. The Morgan fingerprint density at radius 2 is 1.35 bits per heavy atom. The first-order chi connectivity index (χ1) is 10.9. The Labute approximate surface area is 132 Å². The summed E-state index contributed by atoms with van der Waals surface area (Å²) in [6.07, 6.45) is 1.33. The lowest BCUT2D eigenvalue weighted by Crippen LogP contribution is -2.35. The Morgan fingerprint density at radius 1 is 0.957 bits per heavy atom. The summed E-state index contributed by atoms with van der Waals surface area (Å²) in [5, 5.41) is 44.5. The first-order valence-corrected chi connectivity index (χ1v) is 6.98. The number of amides is 2. The molecule has 0 aliphatic carbocycles. The van der Waals surface area contributed by atoms with Gasteiger partial charge in [0.05, 0.1) is 41.2 Å². The van der Waals surface area contributed by atoms with Crippen LogP contribution in [0.5, 0.6) is 0 Å². The Kier molecular flexibility index (Phi) is 4.57. The van der Waals surface area contributed by atoms with E-state index < -0.39 is 42.0 Å². The molecule has 0 saturated heterocycles. The van der Waals surface area contributed by atoms with Gasteiger partial charge in [-0.15, -0.1) is 0 Å². The number of nitrogens with one attached hydrogen (secondary N) is 2. The average molecular weight is 322 g/mol. The highest BCUT2D eigenvalue weighted by molar-refractivity contribution is 6.06. The molecule has 23 heavy (non-hydrogen) atoms. The lowest BCUT2D eigenvalue weighted by atomic mass is 9.85. The minimum Gasteiger partial charge on any atom is -0.505 e. The topological polar surface area (TPSA) is 139 Å². The van der Waals surface area contributed by atoms with Crippen LogP contribution in [-0.4, -0.2) is 45.0 Å². The van der Waals surface area contributed by atoms with E-state index in [1.807, 2.05) is 0 Å². The zero-order valence-electron chi connectivity index (χ0n) is 12.6. The van der Waals surface area contributed by atoms with Gasteiger partial charge in [0.25, 0.3) is 11.8 Å². The van der Waals surface area contributed by atoms with Crippen molar-refractivity contribution in [2.45, 2.75) is 20.0 Å². The van der Waals surface area contributed by atoms with Gasteiger partial charge in [-0.1, -0.05) is 12.2 Å². The maximum Gasteiger partial charge on any atom is 0.256 e. The predicted octanol–water partition coefficient (Wildman–Crippen LogP) is -0.353. The van der Waals surface area contributed by atoms with Gasteiger partial charge in [-0.2, -0.15) is 0 Å². The molecule has 0 aromatic heterocycles. The van der Waals surface area contributed by atoms with Gasteiger partial charge in [0.2, 0.25) is 0 Å². The van der Waals surface area contributed by atoms with Crippen molar-refractivity contribution in [1.29, 1.82) is 0 Å². The number of carbonyl (C=O) groups excluding carboxylic acids is 2. The van der Waals surface area contributed by atoms with Crippen LogP contribution >= 0.6 is 0 Å². The quantitative estimate of drug-likeness (QED) is 0.418. The van der Waals surface area contributed by atoms with Crippen molar-refractivity contribution in [3.05, 3.63) is 46.2 Å². The summed E-state index contributed by atoms with van der Waals surface area (Å²) >= 11 is 0. The number of allylic oxidation sites excluding steroid dienone is 2. The van der Waals surface area contributed by atoms with Crippen LogP contribution in [0.25, 0.3) is 0 Å². The monoisotopic (exact) mass is 322 g/mol. The van der Waals surface area contributed by atoms with Crippen molar-refractivity contribution in [2.75, 3.05) is 6.61 Å². The lowest BCUT2D eigenvalue weighted by Gasteiger charge is -2.21. The minimum atomic E-state index is -1.56. The van der Waals surface area contributed by atoms with E-state index >= 15 is 0 Å². The van der Waals surface area contributed by atoms with Crippen LogP contribution in [-0.2, 0) is 9.59 Å². The molecule has 2 aliphatic heterocycles. The third kappa shape index (κ3) is 2.62. The Hall–Kier alpha value is -2.58. The summed E-state index contributed by atoms with van der Waals surface area (Å²) < 4.78 is 0. The third-order valence-corrected chi connectivity index (χ3v) is 3.78. The number of carbonyl (C=O) groups is 2. The second-order valence-electron chi connectivity index (χ2n) is 5.07. The minimum absolute atomic E-state index is 0.130. The van der Waals surface area contributed by atoms with Gasteiger partial charge < -0.3 is 31.1 Å². The van der Waals surface area contributed by atoms with E-state index in [-0.39, 0.29) is 22.5 Å². The van der Waals surface area contributed by atoms with Crippen LogP contribution < -0.4 is 10.6 Å². The standard InChI is InChI=1S/C15H18N2O6/c1-3-6-12(20)10(14(22)16-6)9(8(19)5-18)11-13(21)7(4-2)17-15(11)23/h3-4,8-9,18-21H,5H2,1-2H3,(H,16,22)(H,17,23)/b6-3-,7-4-/t8-/m0/s1. The normalized spacial score (nSPS) is 24.5. The highest BCUT2D eigenvalue weighted by Crippen LogP contribution is 2.36. The van der Waals surface area contributed by atoms with E-state index in [9.17, 15) is 30.0 Å². The zero-order valence-corrected chi connectivity index (χ0v) is 12.6. The maximum absolute atomic E-state index is 12.1. The summed E-state index contributed by atoms with van der Waals surface area (Å²) in [5.41, 5.74) is -0.308. The second-order valence-corrected chi connectivity index (χ2v) is 5.07. The van der Waals surface area contributed by atoms with Gasteiger partial charge in [0.15, 0.2) is 0 Å². The van der Waals surface area contributed by atoms with Gasteiger partial charge >= 0.3 is 0 Å². The van der Waals surface area contributed by atoms with Crippen LogP contribution in [0.1, 0.15) is 13.8 Å². The smallest absolute Gasteiger partial charge is 0.256 e. The number of aliphatic hydroxyl groups is 4. The Balaban J connectivity index is 2.65. The molecule has 0 saturated carbocycles. The van der Waals surface area contributed by atoms with Crippen molar-refractivity contribution in [3.63, 3.8) is 0 Å². The van der Waals surface area contributed by atoms with E-state index in [1.165, 1.54) is 12.2 Å². The molecule has 0 aromatic carbocycles. The average Bonchev–Trinajstić information content (AvgIpc) is 2.98. The van der Waals surface area contributed by atoms with Crippen molar-refractivity contribution in [2.24, 2.45) is 5.92 Å². The van der Waals surface area contributed by atoms with Crippen molar-refractivity contribution >= 4 is 11.8 Å². The third-order valence-electron chi connectivity index (χ3n) is 3.78. The van der Waals surface area contributed by atoms with Crippen molar-refractivity contribution in [1.82, 2.24) is 10.6 Å². The maximum atomic E-state index is 12.1. The molecular weight excluding hydrogens is 304 g/mol. The largest absolute Gasteiger partial charge is 0.505 e. The molecule has 2 rings (SSSR count). The highest BCUT2D eigenvalue weighted by atomic mass is 16.3. The molecule has 0 spiro atoms. The fourth-order valence-electron chi connectivity index (χ4n) is 2.63. The van der Waals surface area contributed by atoms with Crippen molar-refractivity contribution < 1.29 is 30.0 Å². The summed E-state index contributed by atoms with van der Waals surface area (Å²) in [6, 6.07) is 0. The van der Waals surface area contributed by atoms with E-state index in [2.05, 4.69) is 10.6 Å². The molecule has 2 heterocycles. The van der Waals surface area contributed by atoms with Gasteiger partial charge in [0, 0.05) is 0 Å². The SMILES string of the molecule is C/C=C1\NC(=O)C(C(C2=C(O)/C(=C/C)NC2=O)[C@@H](O)CO)=C1O. The van der Waals surface area contributed by atoms with E-state index in [0.717, 1.165) is 0 Å². The number of hydrogen-bond acceptors (Lipinski definition) is 6. The molecule has 2 aliphatic rings. The molecule has 8 heteroatoms. The number of hydrogen-bond donors (Lipinski definition) is 6. The number of rotatable bonds is 4. The Morgan fingerprint density at radius 3 is 1.61 bits per heavy atom. The van der Waals surface area contributed by atoms with Crippen LogP contribution in [0.4, 0.5) is 0 Å². The second kappa shape index (κ2) is 6.27. The molecule has 124 valence electrons. The molecule has 0 aromatic rings. The lowest BCUT2D eigenvalue weighted by molar-refractivity contribution is -0.118. The molecule has 2 amide bonds. The number of aliphatic hydroxyl groups excluding tert-OH is 4. The fraction of sp³-hybridized carbons (Fsp3) is 0.333. The molecular formula is C15H18N2O6. The fourth-order valence-corrected chi connectivity index (χ4v) is 2.63. The van der Waals surface area contributed by atoms with Crippen LogP contribution in [0, 0.1) is 5.92 Å². The first-order valence-electron chi connectivity index (χ1n) is 6.98. The summed E-state index contributed by atoms with van der Waals surface area (Å²) in [7, 11) is 0. The van der Waals surface area contributed by atoms with Gasteiger partial charge in [0.1, 0.15) is 11.5 Å². The van der Waals surface area contributed by atoms with Crippen LogP contribution in [0.3, 0.4) is 0 Å². The summed E-state index contributed by atoms with van der Waals surface area (Å²) in [5.74, 6) is -3.67. The van der Waals surface area contributed by atoms with Crippen LogP contribution in [0.2, 0.25) is 0 Å². The summed E-state index contributed by atoms with van der Waals surface area (Å²) in [6.45, 7) is 2.40. The Bertz CT molecular complexity index is 632. The molecule has 6 N–H and O–H groups in total. The van der Waals surface area contributed by atoms with Crippen LogP contribution in [0.15, 0.2) is 46.2 Å². The molecule has 1 atom stereocenters. The van der Waals surface area contributed by atoms with E-state index in [4.69, 9.17) is 0 Å². The first kappa shape index (κ1) is 16.8.